The van der Waals surface area contributed by atoms with Crippen LogP contribution in [-0.4, -0.2) is 12.3 Å². The zero-order valence-electron chi connectivity index (χ0n) is 8.74. The Balaban J connectivity index is 2.62. The van der Waals surface area contributed by atoms with Gasteiger partial charge in [0, 0.05) is 11.3 Å². The highest BCUT2D eigenvalue weighted by molar-refractivity contribution is 6.17. The van der Waals surface area contributed by atoms with E-state index in [1.54, 1.807) is 6.07 Å². The van der Waals surface area contributed by atoms with Crippen molar-refractivity contribution in [1.82, 2.24) is 5.16 Å². The Hall–Kier alpha value is -1.68. The van der Waals surface area contributed by atoms with Gasteiger partial charge < -0.3 is 15.0 Å². The van der Waals surface area contributed by atoms with Crippen LogP contribution in [0.3, 0.4) is 0 Å². The molecule has 0 unspecified atom stereocenters. The lowest BCUT2D eigenvalue weighted by atomic mass is 10.0. The van der Waals surface area contributed by atoms with Crippen LogP contribution in [0.25, 0.3) is 11.1 Å². The fourth-order valence-corrected chi connectivity index (χ4v) is 1.71. The quantitative estimate of drug-likeness (QED) is 0.660. The maximum absolute atomic E-state index is 5.89. The predicted octanol–water partition coefficient (Wildman–Crippen LogP) is 2.67. The maximum Gasteiger partial charge on any atom is 0.262 e. The van der Waals surface area contributed by atoms with Crippen LogP contribution in [0.5, 0.6) is 5.88 Å². The van der Waals surface area contributed by atoms with Gasteiger partial charge in [0.15, 0.2) is 5.76 Å². The van der Waals surface area contributed by atoms with Crippen molar-refractivity contribution in [1.29, 1.82) is 0 Å². The van der Waals surface area contributed by atoms with Crippen molar-refractivity contribution in [3.8, 4) is 17.0 Å². The molecule has 84 valence electrons. The molecule has 0 amide bonds. The highest BCUT2D eigenvalue weighted by atomic mass is 35.5. The number of para-hydroxylation sites is 1. The van der Waals surface area contributed by atoms with Gasteiger partial charge in [0.2, 0.25) is 0 Å². The molecular formula is C11H11ClN2O2. The summed E-state index contributed by atoms with van der Waals surface area (Å²) in [5.41, 5.74) is 8.06. The summed E-state index contributed by atoms with van der Waals surface area (Å²) in [5.74, 6) is 1.17. The Morgan fingerprint density at radius 1 is 1.44 bits per heavy atom. The first kappa shape index (κ1) is 10.8. The van der Waals surface area contributed by atoms with Crippen molar-refractivity contribution >= 4 is 17.3 Å². The summed E-state index contributed by atoms with van der Waals surface area (Å²) in [6, 6.07) is 7.43. The van der Waals surface area contributed by atoms with Gasteiger partial charge in [0.1, 0.15) is 0 Å². The number of alkyl halides is 1. The fourth-order valence-electron chi connectivity index (χ4n) is 1.53. The molecule has 16 heavy (non-hydrogen) atoms. The Kier molecular flexibility index (Phi) is 3.01. The minimum Gasteiger partial charge on any atom is -0.478 e. The van der Waals surface area contributed by atoms with Gasteiger partial charge in [0.05, 0.1) is 18.6 Å². The molecule has 2 aromatic rings. The summed E-state index contributed by atoms with van der Waals surface area (Å²) in [7, 11) is 1.53. The van der Waals surface area contributed by atoms with Crippen molar-refractivity contribution in [3.05, 3.63) is 30.0 Å². The van der Waals surface area contributed by atoms with E-state index in [0.29, 0.717) is 17.3 Å². The molecular weight excluding hydrogens is 228 g/mol. The number of rotatable bonds is 3. The Morgan fingerprint density at radius 3 is 2.81 bits per heavy atom. The first-order valence-corrected chi connectivity index (χ1v) is 5.24. The van der Waals surface area contributed by atoms with Crippen LogP contribution in [0.4, 0.5) is 5.69 Å². The van der Waals surface area contributed by atoms with E-state index in [-0.39, 0.29) is 5.88 Å². The van der Waals surface area contributed by atoms with E-state index in [9.17, 15) is 0 Å². The summed E-state index contributed by atoms with van der Waals surface area (Å²) in [4.78, 5) is 0. The van der Waals surface area contributed by atoms with Crippen molar-refractivity contribution in [2.24, 2.45) is 0 Å². The zero-order chi connectivity index (χ0) is 11.5. The number of aromatic nitrogens is 1. The Labute approximate surface area is 97.9 Å². The van der Waals surface area contributed by atoms with E-state index in [1.807, 2.05) is 18.2 Å². The van der Waals surface area contributed by atoms with Gasteiger partial charge in [-0.15, -0.1) is 11.6 Å². The van der Waals surface area contributed by atoms with Gasteiger partial charge in [-0.2, -0.15) is 0 Å². The largest absolute Gasteiger partial charge is 0.478 e. The third-order valence-electron chi connectivity index (χ3n) is 2.28. The number of halogens is 1. The van der Waals surface area contributed by atoms with E-state index < -0.39 is 0 Å². The second-order valence-corrected chi connectivity index (χ2v) is 3.48. The first-order valence-electron chi connectivity index (χ1n) is 4.71. The molecule has 1 aromatic carbocycles. The van der Waals surface area contributed by atoms with Gasteiger partial charge in [-0.3, -0.25) is 0 Å². The Morgan fingerprint density at radius 2 is 2.19 bits per heavy atom. The fraction of sp³-hybridized carbons (Fsp3) is 0.182. The third kappa shape index (κ3) is 1.72. The smallest absolute Gasteiger partial charge is 0.262 e. The minimum atomic E-state index is 0.222. The highest BCUT2D eigenvalue weighted by Crippen LogP contribution is 2.36. The lowest BCUT2D eigenvalue weighted by molar-refractivity contribution is 0.330. The maximum atomic E-state index is 5.89. The molecule has 4 nitrogen and oxygen atoms in total. The molecule has 0 aliphatic carbocycles. The molecule has 0 bridgehead atoms. The molecule has 0 aliphatic heterocycles. The third-order valence-corrected chi connectivity index (χ3v) is 2.52. The lowest BCUT2D eigenvalue weighted by Crippen LogP contribution is -1.92. The second-order valence-electron chi connectivity index (χ2n) is 3.21. The molecule has 0 aliphatic rings. The van der Waals surface area contributed by atoms with E-state index in [4.69, 9.17) is 26.6 Å². The molecule has 0 saturated heterocycles. The van der Waals surface area contributed by atoms with Gasteiger partial charge in [0.25, 0.3) is 5.88 Å². The number of benzene rings is 1. The molecule has 2 rings (SSSR count). The lowest BCUT2D eigenvalue weighted by Gasteiger charge is -2.05. The van der Waals surface area contributed by atoms with Crippen LogP contribution in [0.2, 0.25) is 0 Å². The number of anilines is 1. The first-order chi connectivity index (χ1) is 7.77. The van der Waals surface area contributed by atoms with Crippen molar-refractivity contribution in [3.63, 3.8) is 0 Å². The topological polar surface area (TPSA) is 61.3 Å². The Bertz CT molecular complexity index is 475. The van der Waals surface area contributed by atoms with Gasteiger partial charge in [-0.25, -0.2) is 0 Å². The van der Waals surface area contributed by atoms with Crippen LogP contribution in [0, 0.1) is 0 Å². The molecule has 0 fully saturated rings. The normalized spacial score (nSPS) is 10.4. The molecule has 5 heteroatoms. The van der Waals surface area contributed by atoms with Crippen LogP contribution in [-0.2, 0) is 5.88 Å². The molecule has 2 N–H and O–H groups in total. The zero-order valence-corrected chi connectivity index (χ0v) is 9.49. The number of hydrogen-bond donors (Lipinski definition) is 1. The number of methoxy groups -OCH3 is 1. The number of nitrogen functional groups attached to an aromatic ring is 1. The number of hydrogen-bond acceptors (Lipinski definition) is 4. The average Bonchev–Trinajstić information content (AvgIpc) is 2.72. The van der Waals surface area contributed by atoms with E-state index >= 15 is 0 Å². The summed E-state index contributed by atoms with van der Waals surface area (Å²) in [6.45, 7) is 0. The van der Waals surface area contributed by atoms with Crippen molar-refractivity contribution in [2.45, 2.75) is 5.88 Å². The van der Waals surface area contributed by atoms with Gasteiger partial charge in [-0.1, -0.05) is 18.2 Å². The summed E-state index contributed by atoms with van der Waals surface area (Å²) in [6.07, 6.45) is 0. The highest BCUT2D eigenvalue weighted by Gasteiger charge is 2.19. The number of nitrogens with zero attached hydrogens (tertiary/aromatic N) is 1. The van der Waals surface area contributed by atoms with Crippen LogP contribution < -0.4 is 10.5 Å². The van der Waals surface area contributed by atoms with Gasteiger partial charge >= 0.3 is 0 Å². The van der Waals surface area contributed by atoms with Crippen LogP contribution in [0.15, 0.2) is 28.8 Å². The standard InChI is InChI=1S/C11H11ClN2O2/c1-15-11-10(9(6-12)16-14-11)7-4-2-3-5-8(7)13/h2-5H,6,13H2,1H3. The van der Waals surface area contributed by atoms with Crippen molar-refractivity contribution in [2.75, 3.05) is 12.8 Å². The van der Waals surface area contributed by atoms with E-state index in [0.717, 1.165) is 11.1 Å². The summed E-state index contributed by atoms with van der Waals surface area (Å²) in [5, 5.41) is 3.79. The number of nitrogens with two attached hydrogens (primary N) is 1. The molecule has 0 atom stereocenters. The summed E-state index contributed by atoms with van der Waals surface area (Å²) < 4.78 is 10.2. The monoisotopic (exact) mass is 238 g/mol. The van der Waals surface area contributed by atoms with Crippen molar-refractivity contribution < 1.29 is 9.26 Å². The number of ether oxygens (including phenoxy) is 1. The summed E-state index contributed by atoms with van der Waals surface area (Å²) >= 11 is 5.77. The molecule has 0 radical (unpaired) electrons. The molecule has 0 spiro atoms. The van der Waals surface area contributed by atoms with E-state index in [1.165, 1.54) is 7.11 Å². The average molecular weight is 239 g/mol. The SMILES string of the molecule is COc1noc(CCl)c1-c1ccccc1N. The van der Waals surface area contributed by atoms with Crippen LogP contribution in [0.1, 0.15) is 5.76 Å². The second kappa shape index (κ2) is 4.45. The molecule has 0 saturated carbocycles. The predicted molar refractivity (Wildman–Crippen MR) is 62.5 cm³/mol. The van der Waals surface area contributed by atoms with Gasteiger partial charge in [-0.05, 0) is 11.2 Å². The minimum absolute atomic E-state index is 0.222. The molecule has 1 aromatic heterocycles. The van der Waals surface area contributed by atoms with E-state index in [2.05, 4.69) is 5.16 Å². The van der Waals surface area contributed by atoms with Crippen LogP contribution >= 0.6 is 11.6 Å². The molecule has 1 heterocycles.